The van der Waals surface area contributed by atoms with E-state index < -0.39 is 5.41 Å². The Morgan fingerprint density at radius 3 is 2.57 bits per heavy atom. The number of nitrogens with zero attached hydrogens (tertiary/aromatic N) is 1. The van der Waals surface area contributed by atoms with E-state index in [1.54, 1.807) is 19.1 Å². The average Bonchev–Trinajstić information content (AvgIpc) is 2.48. The molecule has 1 aromatic carbocycles. The highest BCUT2D eigenvalue weighted by molar-refractivity contribution is 6.19. The zero-order chi connectivity index (χ0) is 16.0. The van der Waals surface area contributed by atoms with Crippen molar-refractivity contribution in [3.05, 3.63) is 23.8 Å². The summed E-state index contributed by atoms with van der Waals surface area (Å²) >= 11 is 5.87. The minimum atomic E-state index is -0.575. The number of ether oxygens (including phenoxy) is 2. The third-order valence-electron chi connectivity index (χ3n) is 3.24. The van der Waals surface area contributed by atoms with Gasteiger partial charge in [-0.1, -0.05) is 0 Å². The highest BCUT2D eigenvalue weighted by Gasteiger charge is 2.29. The second kappa shape index (κ2) is 7.55. The van der Waals surface area contributed by atoms with Crippen LogP contribution in [0.25, 0.3) is 0 Å². The Bertz CT molecular complexity index is 488. The van der Waals surface area contributed by atoms with Crippen molar-refractivity contribution in [2.24, 2.45) is 5.41 Å². The van der Waals surface area contributed by atoms with Gasteiger partial charge in [-0.05, 0) is 32.9 Å². The highest BCUT2D eigenvalue weighted by atomic mass is 35.5. The lowest BCUT2D eigenvalue weighted by molar-refractivity contribution is -0.138. The molecule has 1 amide bonds. The highest BCUT2D eigenvalue weighted by Crippen LogP contribution is 2.27. The molecule has 21 heavy (non-hydrogen) atoms. The first-order chi connectivity index (χ1) is 9.85. The van der Waals surface area contributed by atoms with Gasteiger partial charge in [0.25, 0.3) is 0 Å². The number of benzene rings is 1. The molecule has 0 saturated heterocycles. The first-order valence-electron chi connectivity index (χ1n) is 6.97. The number of halogens is 1. The summed E-state index contributed by atoms with van der Waals surface area (Å²) in [7, 11) is 3.39. The zero-order valence-corrected chi connectivity index (χ0v) is 14.2. The molecule has 0 radical (unpaired) electrons. The average molecular weight is 314 g/mol. The fourth-order valence-electron chi connectivity index (χ4n) is 1.98. The number of carbonyl (C=O) groups excluding carboxylic acids is 1. The molecule has 0 atom stereocenters. The fourth-order valence-corrected chi connectivity index (χ4v) is 2.10. The third kappa shape index (κ3) is 4.53. The Morgan fingerprint density at radius 2 is 2.05 bits per heavy atom. The molecule has 0 saturated carbocycles. The molecule has 0 N–H and O–H groups in total. The summed E-state index contributed by atoms with van der Waals surface area (Å²) < 4.78 is 10.8. The molecule has 0 aliphatic heterocycles. The van der Waals surface area contributed by atoms with Gasteiger partial charge in [0, 0.05) is 31.1 Å². The predicted molar refractivity (Wildman–Crippen MR) is 85.1 cm³/mol. The number of alkyl halides is 1. The molecule has 0 aliphatic carbocycles. The van der Waals surface area contributed by atoms with Gasteiger partial charge in [0.05, 0.1) is 19.1 Å². The van der Waals surface area contributed by atoms with E-state index >= 15 is 0 Å². The second-order valence-corrected chi connectivity index (χ2v) is 5.85. The van der Waals surface area contributed by atoms with Crippen LogP contribution >= 0.6 is 11.6 Å². The molecule has 118 valence electrons. The molecular formula is C16H24ClNO3. The Kier molecular flexibility index (Phi) is 6.34. The number of carbonyl (C=O) groups is 1. The summed E-state index contributed by atoms with van der Waals surface area (Å²) in [6.45, 7) is 6.64. The van der Waals surface area contributed by atoms with E-state index in [2.05, 4.69) is 0 Å². The molecule has 0 bridgehead atoms. The van der Waals surface area contributed by atoms with Crippen molar-refractivity contribution in [3.8, 4) is 11.5 Å². The van der Waals surface area contributed by atoms with Gasteiger partial charge in [-0.2, -0.15) is 0 Å². The third-order valence-corrected chi connectivity index (χ3v) is 3.91. The van der Waals surface area contributed by atoms with Gasteiger partial charge < -0.3 is 14.4 Å². The minimum absolute atomic E-state index is 0.00997. The van der Waals surface area contributed by atoms with Crippen LogP contribution in [0.15, 0.2) is 18.2 Å². The van der Waals surface area contributed by atoms with Gasteiger partial charge in [-0.15, -0.1) is 11.6 Å². The number of rotatable bonds is 7. The van der Waals surface area contributed by atoms with Crippen molar-refractivity contribution in [1.29, 1.82) is 0 Å². The van der Waals surface area contributed by atoms with E-state index in [9.17, 15) is 4.79 Å². The van der Waals surface area contributed by atoms with Gasteiger partial charge in [0.15, 0.2) is 0 Å². The molecule has 0 aromatic heterocycles. The molecule has 0 spiro atoms. The topological polar surface area (TPSA) is 38.8 Å². The first-order valence-corrected chi connectivity index (χ1v) is 7.50. The van der Waals surface area contributed by atoms with Crippen LogP contribution in [0.3, 0.4) is 0 Å². The molecule has 0 fully saturated rings. The van der Waals surface area contributed by atoms with Crippen LogP contribution in [0.5, 0.6) is 11.5 Å². The molecule has 1 rings (SSSR count). The Morgan fingerprint density at radius 1 is 1.38 bits per heavy atom. The van der Waals surface area contributed by atoms with Crippen LogP contribution in [0.1, 0.15) is 26.3 Å². The SMILES string of the molecule is CCOc1cc(OC)ccc1CN(C)C(=O)C(C)(C)CCl. The number of hydrogen-bond donors (Lipinski definition) is 0. The first kappa shape index (κ1) is 17.6. The van der Waals surface area contributed by atoms with E-state index in [0.717, 1.165) is 17.1 Å². The van der Waals surface area contributed by atoms with Crippen molar-refractivity contribution in [2.75, 3.05) is 26.6 Å². The molecule has 0 aliphatic rings. The quantitative estimate of drug-likeness (QED) is 0.725. The van der Waals surface area contributed by atoms with Gasteiger partial charge in [-0.25, -0.2) is 0 Å². The molecule has 5 heteroatoms. The van der Waals surface area contributed by atoms with E-state index in [1.165, 1.54) is 0 Å². The van der Waals surface area contributed by atoms with Crippen molar-refractivity contribution in [3.63, 3.8) is 0 Å². The molecule has 4 nitrogen and oxygen atoms in total. The van der Waals surface area contributed by atoms with Crippen LogP contribution in [0.4, 0.5) is 0 Å². The van der Waals surface area contributed by atoms with Crippen LogP contribution < -0.4 is 9.47 Å². The fraction of sp³-hybridized carbons (Fsp3) is 0.562. The van der Waals surface area contributed by atoms with E-state index in [4.69, 9.17) is 21.1 Å². The van der Waals surface area contributed by atoms with Crippen LogP contribution in [-0.2, 0) is 11.3 Å². The second-order valence-electron chi connectivity index (χ2n) is 5.59. The van der Waals surface area contributed by atoms with Gasteiger partial charge in [0.1, 0.15) is 11.5 Å². The number of methoxy groups -OCH3 is 1. The minimum Gasteiger partial charge on any atom is -0.497 e. The van der Waals surface area contributed by atoms with E-state index in [-0.39, 0.29) is 11.8 Å². The zero-order valence-electron chi connectivity index (χ0n) is 13.4. The monoisotopic (exact) mass is 313 g/mol. The summed E-state index contributed by atoms with van der Waals surface area (Å²) in [6.07, 6.45) is 0. The molecule has 1 aromatic rings. The van der Waals surface area contributed by atoms with Crippen molar-refractivity contribution >= 4 is 17.5 Å². The normalized spacial score (nSPS) is 11.1. The van der Waals surface area contributed by atoms with Gasteiger partial charge in [0.2, 0.25) is 5.91 Å². The van der Waals surface area contributed by atoms with Gasteiger partial charge >= 0.3 is 0 Å². The maximum atomic E-state index is 12.4. The van der Waals surface area contributed by atoms with Crippen molar-refractivity contribution in [2.45, 2.75) is 27.3 Å². The predicted octanol–water partition coefficient (Wildman–Crippen LogP) is 3.32. The number of hydrogen-bond acceptors (Lipinski definition) is 3. The summed E-state index contributed by atoms with van der Waals surface area (Å²) in [6, 6.07) is 5.62. The van der Waals surface area contributed by atoms with E-state index in [0.29, 0.717) is 13.2 Å². The van der Waals surface area contributed by atoms with E-state index in [1.807, 2.05) is 39.0 Å². The Hall–Kier alpha value is -1.42. The molecule has 0 unspecified atom stereocenters. The lowest BCUT2D eigenvalue weighted by Gasteiger charge is -2.28. The Labute approximate surface area is 132 Å². The smallest absolute Gasteiger partial charge is 0.229 e. The van der Waals surface area contributed by atoms with Gasteiger partial charge in [-0.3, -0.25) is 4.79 Å². The largest absolute Gasteiger partial charge is 0.497 e. The summed E-state index contributed by atoms with van der Waals surface area (Å²) in [5.74, 6) is 1.77. The van der Waals surface area contributed by atoms with Crippen LogP contribution in [-0.4, -0.2) is 37.5 Å². The van der Waals surface area contributed by atoms with Crippen molar-refractivity contribution in [1.82, 2.24) is 4.90 Å². The Balaban J connectivity index is 2.94. The summed E-state index contributed by atoms with van der Waals surface area (Å²) in [5, 5.41) is 0. The molecular weight excluding hydrogens is 290 g/mol. The summed E-state index contributed by atoms with van der Waals surface area (Å²) in [4.78, 5) is 14.0. The lowest BCUT2D eigenvalue weighted by Crippen LogP contribution is -2.39. The maximum absolute atomic E-state index is 12.4. The van der Waals surface area contributed by atoms with Crippen molar-refractivity contribution < 1.29 is 14.3 Å². The summed E-state index contributed by atoms with van der Waals surface area (Å²) in [5.41, 5.74) is 0.369. The maximum Gasteiger partial charge on any atom is 0.229 e. The molecule has 0 heterocycles. The lowest BCUT2D eigenvalue weighted by atomic mass is 9.94. The van der Waals surface area contributed by atoms with Crippen LogP contribution in [0, 0.1) is 5.41 Å². The standard InChI is InChI=1S/C16H24ClNO3/c1-6-21-14-9-13(20-5)8-7-12(14)10-18(4)15(19)16(2,3)11-17/h7-9H,6,10-11H2,1-5H3. The number of amides is 1. The van der Waals surface area contributed by atoms with Crippen LogP contribution in [0.2, 0.25) is 0 Å².